The third-order valence-corrected chi connectivity index (χ3v) is 4.24. The lowest BCUT2D eigenvalue weighted by atomic mass is 10.0. The van der Waals surface area contributed by atoms with Gasteiger partial charge in [-0.1, -0.05) is 30.8 Å². The van der Waals surface area contributed by atoms with Crippen LogP contribution in [0.2, 0.25) is 0 Å². The van der Waals surface area contributed by atoms with Crippen LogP contribution in [0, 0.1) is 0 Å². The second-order valence-electron chi connectivity index (χ2n) is 6.45. The molecule has 0 aliphatic heterocycles. The SMILES string of the molecule is C=C(N)Cc1c(Cc2cccc(C(=O)O)c2)ncn1Cc1cccc(O)c1. The lowest BCUT2D eigenvalue weighted by molar-refractivity contribution is 0.0696. The Hall–Kier alpha value is -3.54. The van der Waals surface area contributed by atoms with Crippen LogP contribution < -0.4 is 5.73 Å². The fraction of sp³-hybridized carbons (Fsp3) is 0.143. The highest BCUT2D eigenvalue weighted by Crippen LogP contribution is 2.19. The van der Waals surface area contributed by atoms with Gasteiger partial charge in [0.25, 0.3) is 0 Å². The second-order valence-corrected chi connectivity index (χ2v) is 6.45. The number of phenolic OH excluding ortho intramolecular Hbond substituents is 1. The fourth-order valence-electron chi connectivity index (χ4n) is 3.01. The maximum absolute atomic E-state index is 11.2. The number of benzene rings is 2. The third-order valence-electron chi connectivity index (χ3n) is 4.24. The maximum atomic E-state index is 11.2. The molecule has 6 nitrogen and oxygen atoms in total. The summed E-state index contributed by atoms with van der Waals surface area (Å²) in [6.07, 6.45) is 2.70. The average Bonchev–Trinajstić information content (AvgIpc) is 2.96. The average molecular weight is 363 g/mol. The Balaban J connectivity index is 1.91. The molecule has 6 heteroatoms. The molecule has 3 aromatic rings. The molecular weight excluding hydrogens is 342 g/mol. The van der Waals surface area contributed by atoms with Gasteiger partial charge in [0.2, 0.25) is 0 Å². The number of hydrogen-bond donors (Lipinski definition) is 3. The number of aromatic hydroxyl groups is 1. The topological polar surface area (TPSA) is 101 Å². The highest BCUT2D eigenvalue weighted by atomic mass is 16.4. The zero-order valence-electron chi connectivity index (χ0n) is 14.8. The van der Waals surface area contributed by atoms with Crippen LogP contribution in [0.3, 0.4) is 0 Å². The lowest BCUT2D eigenvalue weighted by Gasteiger charge is -2.11. The van der Waals surface area contributed by atoms with Crippen LogP contribution >= 0.6 is 0 Å². The number of hydrogen-bond acceptors (Lipinski definition) is 4. The zero-order valence-corrected chi connectivity index (χ0v) is 14.8. The molecule has 3 rings (SSSR count). The van der Waals surface area contributed by atoms with E-state index in [0.29, 0.717) is 25.1 Å². The highest BCUT2D eigenvalue weighted by molar-refractivity contribution is 5.87. The summed E-state index contributed by atoms with van der Waals surface area (Å²) in [5.74, 6) is -0.745. The minimum absolute atomic E-state index is 0.211. The van der Waals surface area contributed by atoms with Crippen molar-refractivity contribution in [3.8, 4) is 5.75 Å². The first-order valence-corrected chi connectivity index (χ1v) is 8.48. The number of carbonyl (C=O) groups is 1. The van der Waals surface area contributed by atoms with Gasteiger partial charge in [-0.15, -0.1) is 0 Å². The molecule has 0 saturated heterocycles. The highest BCUT2D eigenvalue weighted by Gasteiger charge is 2.14. The number of carboxylic acid groups (broad SMARTS) is 1. The largest absolute Gasteiger partial charge is 0.508 e. The van der Waals surface area contributed by atoms with Crippen molar-refractivity contribution in [2.75, 3.05) is 0 Å². The van der Waals surface area contributed by atoms with Gasteiger partial charge in [0.1, 0.15) is 5.75 Å². The van der Waals surface area contributed by atoms with E-state index in [0.717, 1.165) is 22.5 Å². The second kappa shape index (κ2) is 7.78. The Morgan fingerprint density at radius 1 is 1.15 bits per heavy atom. The minimum atomic E-state index is -0.957. The Kier molecular flexibility index (Phi) is 5.26. The van der Waals surface area contributed by atoms with Crippen molar-refractivity contribution >= 4 is 5.97 Å². The third kappa shape index (κ3) is 4.55. The predicted molar refractivity (Wildman–Crippen MR) is 103 cm³/mol. The van der Waals surface area contributed by atoms with E-state index in [1.54, 1.807) is 42.7 Å². The first-order chi connectivity index (χ1) is 12.9. The molecule has 0 saturated carbocycles. The van der Waals surface area contributed by atoms with Crippen LogP contribution in [0.4, 0.5) is 0 Å². The molecule has 1 heterocycles. The van der Waals surface area contributed by atoms with Crippen LogP contribution in [0.5, 0.6) is 5.75 Å². The van der Waals surface area contributed by atoms with E-state index in [2.05, 4.69) is 11.6 Å². The van der Waals surface area contributed by atoms with Gasteiger partial charge in [-0.25, -0.2) is 9.78 Å². The zero-order chi connectivity index (χ0) is 19.4. The van der Waals surface area contributed by atoms with Crippen LogP contribution in [-0.4, -0.2) is 25.7 Å². The van der Waals surface area contributed by atoms with Gasteiger partial charge in [-0.05, 0) is 35.4 Å². The molecule has 0 aliphatic rings. The van der Waals surface area contributed by atoms with Crippen LogP contribution in [-0.2, 0) is 19.4 Å². The number of allylic oxidation sites excluding steroid dienone is 1. The number of carboxylic acids is 1. The summed E-state index contributed by atoms with van der Waals surface area (Å²) in [5.41, 5.74) is 10.2. The van der Waals surface area contributed by atoms with Gasteiger partial charge in [0, 0.05) is 30.8 Å². The molecular formula is C21H21N3O3. The van der Waals surface area contributed by atoms with Crippen LogP contribution in [0.15, 0.2) is 67.1 Å². The van der Waals surface area contributed by atoms with Crippen molar-refractivity contribution in [3.63, 3.8) is 0 Å². The number of nitrogens with zero attached hydrogens (tertiary/aromatic N) is 2. The van der Waals surface area contributed by atoms with Gasteiger partial charge in [-0.3, -0.25) is 0 Å². The molecule has 27 heavy (non-hydrogen) atoms. The molecule has 138 valence electrons. The van der Waals surface area contributed by atoms with Gasteiger partial charge >= 0.3 is 5.97 Å². The van der Waals surface area contributed by atoms with E-state index in [4.69, 9.17) is 5.73 Å². The van der Waals surface area contributed by atoms with E-state index in [1.807, 2.05) is 16.7 Å². The number of imidazole rings is 1. The minimum Gasteiger partial charge on any atom is -0.508 e. The first-order valence-electron chi connectivity index (χ1n) is 8.48. The van der Waals surface area contributed by atoms with E-state index in [1.165, 1.54) is 0 Å². The Morgan fingerprint density at radius 3 is 2.59 bits per heavy atom. The summed E-state index contributed by atoms with van der Waals surface area (Å²) in [5, 5.41) is 18.8. The smallest absolute Gasteiger partial charge is 0.335 e. The first kappa shape index (κ1) is 18.3. The Bertz CT molecular complexity index is 992. The van der Waals surface area contributed by atoms with Gasteiger partial charge < -0.3 is 20.5 Å². The quantitative estimate of drug-likeness (QED) is 0.599. The number of nitrogens with two attached hydrogens (primary N) is 1. The van der Waals surface area contributed by atoms with Gasteiger partial charge in [0.05, 0.1) is 17.6 Å². The molecule has 0 aliphatic carbocycles. The van der Waals surface area contributed by atoms with E-state index in [-0.39, 0.29) is 11.3 Å². The number of phenols is 1. The molecule has 2 aromatic carbocycles. The van der Waals surface area contributed by atoms with E-state index in [9.17, 15) is 15.0 Å². The van der Waals surface area contributed by atoms with Crippen molar-refractivity contribution in [1.82, 2.24) is 9.55 Å². The van der Waals surface area contributed by atoms with Crippen molar-refractivity contribution in [1.29, 1.82) is 0 Å². The van der Waals surface area contributed by atoms with Crippen LogP contribution in [0.25, 0.3) is 0 Å². The Labute approximate surface area is 157 Å². The summed E-state index contributed by atoms with van der Waals surface area (Å²) in [4.78, 5) is 15.7. The summed E-state index contributed by atoms with van der Waals surface area (Å²) in [6.45, 7) is 4.34. The van der Waals surface area contributed by atoms with E-state index >= 15 is 0 Å². The Morgan fingerprint density at radius 2 is 1.89 bits per heavy atom. The molecule has 0 unspecified atom stereocenters. The van der Waals surface area contributed by atoms with Crippen molar-refractivity contribution in [2.45, 2.75) is 19.4 Å². The molecule has 0 spiro atoms. The summed E-state index contributed by atoms with van der Waals surface area (Å²) >= 11 is 0. The van der Waals surface area contributed by atoms with E-state index < -0.39 is 5.97 Å². The van der Waals surface area contributed by atoms with Crippen molar-refractivity contribution in [2.24, 2.45) is 5.73 Å². The molecule has 0 amide bonds. The predicted octanol–water partition coefficient (Wildman–Crippen LogP) is 2.94. The standard InChI is InChI=1S/C21H21N3O3/c1-14(22)8-20-19(11-15-4-2-6-17(9-15)21(26)27)23-13-24(20)12-16-5-3-7-18(25)10-16/h2-7,9-10,13,25H,1,8,11-12,22H2,(H,26,27). The molecule has 0 radical (unpaired) electrons. The lowest BCUT2D eigenvalue weighted by Crippen LogP contribution is -2.10. The summed E-state index contributed by atoms with van der Waals surface area (Å²) in [7, 11) is 0. The normalized spacial score (nSPS) is 10.7. The number of aromatic carboxylic acids is 1. The molecule has 0 atom stereocenters. The van der Waals surface area contributed by atoms with Crippen LogP contribution in [0.1, 0.15) is 32.9 Å². The summed E-state index contributed by atoms with van der Waals surface area (Å²) < 4.78 is 1.98. The van der Waals surface area contributed by atoms with Crippen molar-refractivity contribution < 1.29 is 15.0 Å². The summed E-state index contributed by atoms with van der Waals surface area (Å²) in [6, 6.07) is 13.9. The number of aromatic nitrogens is 2. The fourth-order valence-corrected chi connectivity index (χ4v) is 3.01. The van der Waals surface area contributed by atoms with Crippen molar-refractivity contribution in [3.05, 3.63) is 95.2 Å². The molecule has 1 aromatic heterocycles. The molecule has 0 fully saturated rings. The van der Waals surface area contributed by atoms with Gasteiger partial charge in [-0.2, -0.15) is 0 Å². The molecule has 0 bridgehead atoms. The van der Waals surface area contributed by atoms with Gasteiger partial charge in [0.15, 0.2) is 0 Å². The molecule has 4 N–H and O–H groups in total. The number of rotatable bonds is 7. The monoisotopic (exact) mass is 363 g/mol. The maximum Gasteiger partial charge on any atom is 0.335 e.